The van der Waals surface area contributed by atoms with Crippen LogP contribution < -0.4 is 9.64 Å². The third-order valence-electron chi connectivity index (χ3n) is 6.74. The lowest BCUT2D eigenvalue weighted by atomic mass is 9.86. The predicted octanol–water partition coefficient (Wildman–Crippen LogP) is 7.45. The third kappa shape index (κ3) is 3.97. The van der Waals surface area contributed by atoms with E-state index in [0.29, 0.717) is 0 Å². The van der Waals surface area contributed by atoms with Crippen molar-refractivity contribution in [2.75, 3.05) is 18.6 Å². The Bertz CT molecular complexity index is 1590. The molecule has 0 bridgehead atoms. The number of hydrogen-bond donors (Lipinski definition) is 0. The predicted molar refractivity (Wildman–Crippen MR) is 148 cm³/mol. The van der Waals surface area contributed by atoms with Crippen LogP contribution in [0.5, 0.6) is 11.5 Å². The lowest BCUT2D eigenvalue weighted by Crippen LogP contribution is -2.21. The van der Waals surface area contributed by atoms with Crippen molar-refractivity contribution in [1.29, 1.82) is 0 Å². The van der Waals surface area contributed by atoms with Crippen molar-refractivity contribution >= 4 is 27.5 Å². The van der Waals surface area contributed by atoms with Crippen molar-refractivity contribution in [3.63, 3.8) is 0 Å². The average molecular weight is 475 g/mol. The van der Waals surface area contributed by atoms with Crippen LogP contribution in [0.15, 0.2) is 97.5 Å². The number of nitrogens with zero attached hydrogens (tertiary/aromatic N) is 4. The zero-order valence-corrected chi connectivity index (χ0v) is 21.1. The Labute approximate surface area is 211 Å². The minimum Gasteiger partial charge on any atom is -0.457 e. The molecule has 5 heteroatoms. The zero-order chi connectivity index (χ0) is 24.9. The molecule has 2 aromatic heterocycles. The molecule has 3 heterocycles. The third-order valence-corrected chi connectivity index (χ3v) is 6.74. The van der Waals surface area contributed by atoms with Gasteiger partial charge in [0.25, 0.3) is 0 Å². The first kappa shape index (κ1) is 22.2. The molecule has 6 rings (SSSR count). The van der Waals surface area contributed by atoms with Crippen LogP contribution in [0.2, 0.25) is 0 Å². The molecule has 1 aliphatic heterocycles. The van der Waals surface area contributed by atoms with Gasteiger partial charge in [-0.05, 0) is 59.5 Å². The van der Waals surface area contributed by atoms with E-state index in [0.717, 1.165) is 40.7 Å². The summed E-state index contributed by atoms with van der Waals surface area (Å²) in [4.78, 5) is 9.01. The van der Waals surface area contributed by atoms with Crippen LogP contribution >= 0.6 is 0 Å². The summed E-state index contributed by atoms with van der Waals surface area (Å²) < 4.78 is 8.61. The van der Waals surface area contributed by atoms with E-state index in [1.807, 2.05) is 36.5 Å². The number of ether oxygens (including phenoxy) is 1. The molecule has 0 spiro atoms. The van der Waals surface area contributed by atoms with Crippen LogP contribution in [0.4, 0.5) is 5.69 Å². The molecule has 3 aromatic carbocycles. The van der Waals surface area contributed by atoms with Gasteiger partial charge in [-0.1, -0.05) is 39.0 Å². The molecule has 36 heavy (non-hydrogen) atoms. The highest BCUT2D eigenvalue weighted by Gasteiger charge is 2.19. The zero-order valence-electron chi connectivity index (χ0n) is 21.1. The molecule has 0 fully saturated rings. The largest absolute Gasteiger partial charge is 0.457 e. The van der Waals surface area contributed by atoms with E-state index in [1.54, 1.807) is 0 Å². The Kier molecular flexibility index (Phi) is 5.22. The van der Waals surface area contributed by atoms with Gasteiger partial charge in [0, 0.05) is 54.2 Å². The molecular weight excluding hydrogens is 444 g/mol. The molecule has 0 aliphatic carbocycles. The van der Waals surface area contributed by atoms with E-state index < -0.39 is 0 Å². The molecule has 1 aliphatic rings. The molecule has 0 saturated carbocycles. The van der Waals surface area contributed by atoms with Gasteiger partial charge < -0.3 is 14.5 Å². The number of anilines is 1. The summed E-state index contributed by atoms with van der Waals surface area (Å²) in [5, 5.41) is 2.41. The monoisotopic (exact) mass is 474 g/mol. The molecule has 5 aromatic rings. The standard InChI is InChI=1S/C31H30N4O/c1-31(2,3)22-11-14-28-27(18-22)26-13-12-25(20-29(26)35(28)30-10-5-6-15-32-30)36-24-9-7-8-23(19-24)34-17-16-33(4)21-34/h5-20H,21H2,1-4H3. The number of hydrogen-bond acceptors (Lipinski definition) is 4. The van der Waals surface area contributed by atoms with Crippen molar-refractivity contribution in [1.82, 2.24) is 14.5 Å². The van der Waals surface area contributed by atoms with Gasteiger partial charge >= 0.3 is 0 Å². The quantitative estimate of drug-likeness (QED) is 0.271. The maximum absolute atomic E-state index is 6.38. The van der Waals surface area contributed by atoms with Crippen molar-refractivity contribution in [3.8, 4) is 17.3 Å². The number of pyridine rings is 1. The first-order valence-electron chi connectivity index (χ1n) is 12.3. The van der Waals surface area contributed by atoms with Crippen LogP contribution in [-0.2, 0) is 5.41 Å². The Morgan fingerprint density at radius 1 is 0.778 bits per heavy atom. The van der Waals surface area contributed by atoms with Crippen molar-refractivity contribution < 1.29 is 4.74 Å². The van der Waals surface area contributed by atoms with E-state index in [9.17, 15) is 0 Å². The molecule has 0 N–H and O–H groups in total. The van der Waals surface area contributed by atoms with Gasteiger partial charge in [0.1, 0.15) is 17.3 Å². The second-order valence-corrected chi connectivity index (χ2v) is 10.4. The van der Waals surface area contributed by atoms with Crippen molar-refractivity contribution in [2.24, 2.45) is 0 Å². The van der Waals surface area contributed by atoms with Gasteiger partial charge in [0.15, 0.2) is 0 Å². The highest BCUT2D eigenvalue weighted by Crippen LogP contribution is 2.37. The van der Waals surface area contributed by atoms with Crippen LogP contribution in [0.1, 0.15) is 26.3 Å². The number of benzene rings is 3. The van der Waals surface area contributed by atoms with Crippen LogP contribution in [0.25, 0.3) is 27.6 Å². The Balaban J connectivity index is 1.46. The van der Waals surface area contributed by atoms with Gasteiger partial charge in [-0.25, -0.2) is 4.98 Å². The molecule has 5 nitrogen and oxygen atoms in total. The summed E-state index contributed by atoms with van der Waals surface area (Å²) in [6, 6.07) is 27.4. The van der Waals surface area contributed by atoms with Gasteiger partial charge in [0.05, 0.1) is 17.7 Å². The smallest absolute Gasteiger partial charge is 0.137 e. The topological polar surface area (TPSA) is 33.5 Å². The van der Waals surface area contributed by atoms with Crippen LogP contribution in [0, 0.1) is 0 Å². The maximum atomic E-state index is 6.38. The summed E-state index contributed by atoms with van der Waals surface area (Å²) in [5.41, 5.74) is 4.70. The van der Waals surface area contributed by atoms with E-state index in [1.165, 1.54) is 16.3 Å². The summed E-state index contributed by atoms with van der Waals surface area (Å²) >= 11 is 0. The minimum absolute atomic E-state index is 0.0705. The normalized spacial score (nSPS) is 13.8. The molecule has 0 amide bonds. The van der Waals surface area contributed by atoms with Gasteiger partial charge in [0.2, 0.25) is 0 Å². The molecule has 0 saturated heterocycles. The van der Waals surface area contributed by atoms with E-state index in [-0.39, 0.29) is 5.41 Å². The maximum Gasteiger partial charge on any atom is 0.137 e. The Morgan fingerprint density at radius 2 is 1.64 bits per heavy atom. The van der Waals surface area contributed by atoms with Gasteiger partial charge in [-0.15, -0.1) is 0 Å². The second kappa shape index (κ2) is 8.45. The lowest BCUT2D eigenvalue weighted by molar-refractivity contribution is 0.481. The Morgan fingerprint density at radius 3 is 2.39 bits per heavy atom. The highest BCUT2D eigenvalue weighted by molar-refractivity contribution is 6.09. The number of rotatable bonds is 4. The van der Waals surface area contributed by atoms with Crippen molar-refractivity contribution in [2.45, 2.75) is 26.2 Å². The number of aromatic nitrogens is 2. The van der Waals surface area contributed by atoms with Crippen LogP contribution in [0.3, 0.4) is 0 Å². The first-order chi connectivity index (χ1) is 17.4. The number of fused-ring (bicyclic) bond motifs is 3. The van der Waals surface area contributed by atoms with E-state index >= 15 is 0 Å². The van der Waals surface area contributed by atoms with Crippen LogP contribution in [-0.4, -0.2) is 28.2 Å². The van der Waals surface area contributed by atoms with Gasteiger partial charge in [-0.3, -0.25) is 4.57 Å². The Hall–Kier alpha value is -4.25. The fraction of sp³-hybridized carbons (Fsp3) is 0.194. The molecule has 0 atom stereocenters. The van der Waals surface area contributed by atoms with Crippen molar-refractivity contribution in [3.05, 3.63) is 103 Å². The fourth-order valence-electron chi connectivity index (χ4n) is 4.82. The average Bonchev–Trinajstić information content (AvgIpc) is 3.45. The van der Waals surface area contributed by atoms with Gasteiger partial charge in [-0.2, -0.15) is 0 Å². The fourth-order valence-corrected chi connectivity index (χ4v) is 4.82. The summed E-state index contributed by atoms with van der Waals surface area (Å²) in [6.45, 7) is 7.59. The summed E-state index contributed by atoms with van der Waals surface area (Å²) in [5.74, 6) is 2.50. The summed E-state index contributed by atoms with van der Waals surface area (Å²) in [7, 11) is 2.07. The second-order valence-electron chi connectivity index (χ2n) is 10.4. The molecule has 0 radical (unpaired) electrons. The molecule has 180 valence electrons. The first-order valence-corrected chi connectivity index (χ1v) is 12.3. The molecule has 0 unspecified atom stereocenters. The SMILES string of the molecule is CN1C=CN(c2cccc(Oc3ccc4c5cc(C(C)(C)C)ccc5n(-c5ccccn5)c4c3)c2)C1. The highest BCUT2D eigenvalue weighted by atomic mass is 16.5. The van der Waals surface area contributed by atoms with E-state index in [2.05, 4.69) is 108 Å². The lowest BCUT2D eigenvalue weighted by Gasteiger charge is -2.19. The van der Waals surface area contributed by atoms with E-state index in [4.69, 9.17) is 4.74 Å². The molecular formula is C31H30N4O. The summed E-state index contributed by atoms with van der Waals surface area (Å²) in [6.07, 6.45) is 6.00. The minimum atomic E-state index is 0.0705.